The number of methoxy groups -OCH3 is 1. The Morgan fingerprint density at radius 1 is 1.25 bits per heavy atom. The average Bonchev–Trinajstić information content (AvgIpc) is 2.36. The number of carboxylic acid groups (broad SMARTS) is 1. The summed E-state index contributed by atoms with van der Waals surface area (Å²) in [5.41, 5.74) is 0.112. The molecule has 0 fully saturated rings. The summed E-state index contributed by atoms with van der Waals surface area (Å²) in [5.74, 6) is -1.40. The van der Waals surface area contributed by atoms with Crippen molar-refractivity contribution < 1.29 is 19.4 Å². The minimum Gasteiger partial charge on any atom is -0.480 e. The fraction of sp³-hybridized carbons (Fsp3) is 0.467. The van der Waals surface area contributed by atoms with E-state index in [2.05, 4.69) is 0 Å². The van der Waals surface area contributed by atoms with E-state index in [0.29, 0.717) is 5.56 Å². The fourth-order valence-electron chi connectivity index (χ4n) is 1.93. The molecule has 1 unspecified atom stereocenters. The van der Waals surface area contributed by atoms with Crippen molar-refractivity contribution >= 4 is 11.9 Å². The maximum atomic E-state index is 12.6. The van der Waals surface area contributed by atoms with Crippen molar-refractivity contribution in [1.29, 1.82) is 0 Å². The molecule has 0 saturated carbocycles. The van der Waals surface area contributed by atoms with Crippen LogP contribution >= 0.6 is 0 Å². The molecule has 110 valence electrons. The molecule has 20 heavy (non-hydrogen) atoms. The van der Waals surface area contributed by atoms with E-state index >= 15 is 0 Å². The first-order chi connectivity index (χ1) is 9.27. The van der Waals surface area contributed by atoms with Crippen LogP contribution in [0.2, 0.25) is 0 Å². The number of ether oxygens (including phenoxy) is 1. The molecule has 1 rings (SSSR count). The first kappa shape index (κ1) is 16.2. The second-order valence-corrected chi connectivity index (χ2v) is 5.52. The smallest absolute Gasteiger partial charge is 0.323 e. The van der Waals surface area contributed by atoms with E-state index < -0.39 is 17.6 Å². The van der Waals surface area contributed by atoms with E-state index in [1.165, 1.54) is 12.0 Å². The maximum absolute atomic E-state index is 12.6. The van der Waals surface area contributed by atoms with Gasteiger partial charge in [-0.1, -0.05) is 30.3 Å². The van der Waals surface area contributed by atoms with Gasteiger partial charge in [-0.3, -0.25) is 9.59 Å². The van der Waals surface area contributed by atoms with Gasteiger partial charge in [0.25, 0.3) is 5.91 Å². The van der Waals surface area contributed by atoms with Gasteiger partial charge in [0.05, 0.1) is 0 Å². The van der Waals surface area contributed by atoms with Crippen LogP contribution in [0.3, 0.4) is 0 Å². The number of nitrogens with zero attached hydrogens (tertiary/aromatic N) is 1. The van der Waals surface area contributed by atoms with Gasteiger partial charge in [0, 0.05) is 12.6 Å². The third-order valence-corrected chi connectivity index (χ3v) is 2.93. The van der Waals surface area contributed by atoms with Crippen LogP contribution < -0.4 is 0 Å². The molecule has 1 amide bonds. The summed E-state index contributed by atoms with van der Waals surface area (Å²) in [5, 5.41) is 8.99. The van der Waals surface area contributed by atoms with E-state index in [1.54, 1.807) is 32.9 Å². The summed E-state index contributed by atoms with van der Waals surface area (Å²) in [6.07, 6.45) is -0.797. The largest absolute Gasteiger partial charge is 0.480 e. The molecule has 5 heteroatoms. The Kier molecular flexibility index (Phi) is 5.27. The number of rotatable bonds is 5. The Labute approximate surface area is 119 Å². The maximum Gasteiger partial charge on any atom is 0.323 e. The standard InChI is InChI=1S/C15H21NO4/c1-15(2,3)16(10-12(17)18)14(19)13(20-4)11-8-6-5-7-9-11/h5-9,13H,10H2,1-4H3,(H,17,18). The van der Waals surface area contributed by atoms with Gasteiger partial charge in [-0.25, -0.2) is 0 Å². The molecule has 0 aliphatic carbocycles. The summed E-state index contributed by atoms with van der Waals surface area (Å²) in [6.45, 7) is 5.04. The summed E-state index contributed by atoms with van der Waals surface area (Å²) < 4.78 is 5.27. The molecule has 1 aromatic carbocycles. The number of carbonyl (C=O) groups is 2. The van der Waals surface area contributed by atoms with Crippen LogP contribution in [-0.2, 0) is 14.3 Å². The molecule has 1 aromatic rings. The molecule has 0 aliphatic rings. The molecule has 0 aromatic heterocycles. The highest BCUT2D eigenvalue weighted by Crippen LogP contribution is 2.23. The van der Waals surface area contributed by atoms with Gasteiger partial charge in [0.2, 0.25) is 0 Å². The first-order valence-electron chi connectivity index (χ1n) is 6.38. The summed E-state index contributed by atoms with van der Waals surface area (Å²) in [7, 11) is 1.44. The normalized spacial score (nSPS) is 12.8. The lowest BCUT2D eigenvalue weighted by atomic mass is 10.0. The molecular weight excluding hydrogens is 258 g/mol. The Hall–Kier alpha value is -1.88. The highest BCUT2D eigenvalue weighted by atomic mass is 16.5. The first-order valence-corrected chi connectivity index (χ1v) is 6.38. The zero-order valence-electron chi connectivity index (χ0n) is 12.3. The van der Waals surface area contributed by atoms with Crippen LogP contribution in [0.5, 0.6) is 0 Å². The second-order valence-electron chi connectivity index (χ2n) is 5.52. The lowest BCUT2D eigenvalue weighted by molar-refractivity contribution is -0.154. The van der Waals surface area contributed by atoms with Crippen LogP contribution in [0, 0.1) is 0 Å². The third kappa shape index (κ3) is 4.06. The molecule has 0 spiro atoms. The SMILES string of the molecule is COC(C(=O)N(CC(=O)O)C(C)(C)C)c1ccccc1. The number of benzene rings is 1. The second kappa shape index (κ2) is 6.52. The lowest BCUT2D eigenvalue weighted by Gasteiger charge is -2.36. The predicted molar refractivity (Wildman–Crippen MR) is 75.3 cm³/mol. The van der Waals surface area contributed by atoms with Crippen molar-refractivity contribution in [2.45, 2.75) is 32.4 Å². The average molecular weight is 279 g/mol. The summed E-state index contributed by atoms with van der Waals surface area (Å²) in [6, 6.07) is 9.04. The Morgan fingerprint density at radius 2 is 1.80 bits per heavy atom. The van der Waals surface area contributed by atoms with Gasteiger partial charge in [-0.05, 0) is 26.3 Å². The number of amides is 1. The predicted octanol–water partition coefficient (Wildman–Crippen LogP) is 2.09. The zero-order chi connectivity index (χ0) is 15.3. The molecule has 0 bridgehead atoms. The molecule has 1 N–H and O–H groups in total. The van der Waals surface area contributed by atoms with Crippen molar-refractivity contribution in [1.82, 2.24) is 4.90 Å². The van der Waals surface area contributed by atoms with Gasteiger partial charge in [0.15, 0.2) is 6.10 Å². The van der Waals surface area contributed by atoms with Crippen LogP contribution in [0.15, 0.2) is 30.3 Å². The monoisotopic (exact) mass is 279 g/mol. The van der Waals surface area contributed by atoms with Gasteiger partial charge in [-0.15, -0.1) is 0 Å². The minimum absolute atomic E-state index is 0.352. The van der Waals surface area contributed by atoms with Gasteiger partial charge in [-0.2, -0.15) is 0 Å². The number of carboxylic acids is 1. The highest BCUT2D eigenvalue weighted by molar-refractivity contribution is 5.86. The van der Waals surface area contributed by atoms with Crippen LogP contribution in [-0.4, -0.2) is 41.1 Å². The van der Waals surface area contributed by atoms with Crippen molar-refractivity contribution in [3.05, 3.63) is 35.9 Å². The lowest BCUT2D eigenvalue weighted by Crippen LogP contribution is -2.50. The molecule has 0 aliphatic heterocycles. The van der Waals surface area contributed by atoms with Gasteiger partial charge in [0.1, 0.15) is 6.54 Å². The van der Waals surface area contributed by atoms with E-state index in [4.69, 9.17) is 9.84 Å². The number of hydrogen-bond acceptors (Lipinski definition) is 3. The highest BCUT2D eigenvalue weighted by Gasteiger charge is 2.34. The van der Waals surface area contributed by atoms with E-state index in [9.17, 15) is 9.59 Å². The molecule has 0 radical (unpaired) electrons. The molecule has 1 atom stereocenters. The third-order valence-electron chi connectivity index (χ3n) is 2.93. The van der Waals surface area contributed by atoms with Crippen molar-refractivity contribution in [2.75, 3.05) is 13.7 Å². The van der Waals surface area contributed by atoms with E-state index in [-0.39, 0.29) is 12.5 Å². The van der Waals surface area contributed by atoms with Crippen LogP contribution in [0.4, 0.5) is 0 Å². The Balaban J connectivity index is 3.06. The zero-order valence-corrected chi connectivity index (χ0v) is 12.3. The van der Waals surface area contributed by atoms with Crippen molar-refractivity contribution in [3.63, 3.8) is 0 Å². The fourth-order valence-corrected chi connectivity index (χ4v) is 1.93. The number of hydrogen-bond donors (Lipinski definition) is 1. The quantitative estimate of drug-likeness (QED) is 0.896. The number of carbonyl (C=O) groups excluding carboxylic acids is 1. The topological polar surface area (TPSA) is 66.8 Å². The van der Waals surface area contributed by atoms with Gasteiger partial charge >= 0.3 is 5.97 Å². The Morgan fingerprint density at radius 3 is 2.20 bits per heavy atom. The Bertz CT molecular complexity index is 465. The van der Waals surface area contributed by atoms with E-state index in [1.807, 2.05) is 18.2 Å². The number of aliphatic carboxylic acids is 1. The summed E-state index contributed by atoms with van der Waals surface area (Å²) >= 11 is 0. The van der Waals surface area contributed by atoms with Crippen LogP contribution in [0.1, 0.15) is 32.4 Å². The van der Waals surface area contributed by atoms with Crippen LogP contribution in [0.25, 0.3) is 0 Å². The molecular formula is C15H21NO4. The van der Waals surface area contributed by atoms with Crippen molar-refractivity contribution in [3.8, 4) is 0 Å². The van der Waals surface area contributed by atoms with E-state index in [0.717, 1.165) is 0 Å². The molecule has 0 saturated heterocycles. The minimum atomic E-state index is -1.05. The molecule has 5 nitrogen and oxygen atoms in total. The summed E-state index contributed by atoms with van der Waals surface area (Å²) in [4.78, 5) is 24.9. The molecule has 0 heterocycles. The van der Waals surface area contributed by atoms with Gasteiger partial charge < -0.3 is 14.7 Å². The van der Waals surface area contributed by atoms with Crippen molar-refractivity contribution in [2.24, 2.45) is 0 Å².